The second kappa shape index (κ2) is 16.4. The van der Waals surface area contributed by atoms with Crippen LogP contribution in [0.5, 0.6) is 5.75 Å². The first-order chi connectivity index (χ1) is 20.5. The van der Waals surface area contributed by atoms with Gasteiger partial charge < -0.3 is 15.0 Å². The summed E-state index contributed by atoms with van der Waals surface area (Å²) < 4.78 is 33.0. The van der Waals surface area contributed by atoms with Crippen molar-refractivity contribution in [3.8, 4) is 17.6 Å². The van der Waals surface area contributed by atoms with Crippen molar-refractivity contribution in [2.24, 2.45) is 0 Å². The van der Waals surface area contributed by atoms with Gasteiger partial charge in [0.2, 0.25) is 0 Å². The fourth-order valence-corrected chi connectivity index (χ4v) is 4.70. The van der Waals surface area contributed by atoms with E-state index in [0.29, 0.717) is 18.5 Å². The molecule has 11 heteroatoms. The molecule has 4 rings (SSSR count). The molecule has 43 heavy (non-hydrogen) atoms. The van der Waals surface area contributed by atoms with E-state index in [1.807, 2.05) is 32.6 Å². The van der Waals surface area contributed by atoms with Crippen LogP contribution in [-0.2, 0) is 11.2 Å². The molecule has 2 aromatic rings. The minimum Gasteiger partial charge on any atom is -0.494 e. The molecule has 2 unspecified atom stereocenters. The average Bonchev–Trinajstić information content (AvgIpc) is 3.32. The van der Waals surface area contributed by atoms with Crippen LogP contribution in [-0.4, -0.2) is 78.7 Å². The molecule has 2 fully saturated rings. The number of ether oxygens (including phenoxy) is 1. The van der Waals surface area contributed by atoms with Gasteiger partial charge in [-0.1, -0.05) is 45.6 Å². The number of rotatable bonds is 5. The summed E-state index contributed by atoms with van der Waals surface area (Å²) in [6.07, 6.45) is 0.635. The molecular formula is C32H41F2N5O4. The molecule has 0 radical (unpaired) electrons. The van der Waals surface area contributed by atoms with E-state index in [0.717, 1.165) is 25.2 Å². The number of carbonyl (C=O) groups excluding carboxylic acids is 3. The molecule has 2 aliphatic rings. The number of amidine groups is 1. The van der Waals surface area contributed by atoms with Crippen molar-refractivity contribution in [1.29, 1.82) is 5.41 Å². The zero-order valence-corrected chi connectivity index (χ0v) is 25.9. The van der Waals surface area contributed by atoms with E-state index < -0.39 is 29.6 Å². The number of halogens is 2. The van der Waals surface area contributed by atoms with Crippen molar-refractivity contribution in [1.82, 2.24) is 20.4 Å². The minimum absolute atomic E-state index is 0.118. The Hall–Kier alpha value is -4.30. The second-order valence-electron chi connectivity index (χ2n) is 9.67. The van der Waals surface area contributed by atoms with E-state index in [1.54, 1.807) is 18.2 Å². The smallest absolute Gasteiger partial charge is 0.322 e. The van der Waals surface area contributed by atoms with Crippen LogP contribution < -0.4 is 15.4 Å². The number of Topliss-reactive ketones (excluding diaryl/α,β-unsaturated/α-hetero) is 1. The van der Waals surface area contributed by atoms with E-state index in [1.165, 1.54) is 26.2 Å². The first-order valence-corrected chi connectivity index (χ1v) is 14.4. The molecule has 3 N–H and O–H groups in total. The third kappa shape index (κ3) is 8.85. The number of imide groups is 1. The third-order valence-electron chi connectivity index (χ3n) is 6.95. The van der Waals surface area contributed by atoms with Gasteiger partial charge in [0.15, 0.2) is 23.4 Å². The molecule has 232 valence electrons. The quantitative estimate of drug-likeness (QED) is 0.155. The number of aryl methyl sites for hydroxylation is 1. The summed E-state index contributed by atoms with van der Waals surface area (Å²) in [6, 6.07) is 6.27. The summed E-state index contributed by atoms with van der Waals surface area (Å²) in [4.78, 5) is 38.0. The lowest BCUT2D eigenvalue weighted by molar-refractivity contribution is -0.119. The highest BCUT2D eigenvalue weighted by Gasteiger charge is 2.28. The maximum Gasteiger partial charge on any atom is 0.322 e. The minimum atomic E-state index is -0.936. The van der Waals surface area contributed by atoms with Gasteiger partial charge in [-0.2, -0.15) is 0 Å². The van der Waals surface area contributed by atoms with Crippen molar-refractivity contribution >= 4 is 23.6 Å². The number of likely N-dealkylation sites (N-methyl/N-ethyl adjacent to an activating group) is 1. The highest BCUT2D eigenvalue weighted by molar-refractivity contribution is 6.06. The Balaban J connectivity index is 0.000000340. The number of ketones is 1. The van der Waals surface area contributed by atoms with Crippen LogP contribution in [0.25, 0.3) is 0 Å². The molecule has 0 bridgehead atoms. The van der Waals surface area contributed by atoms with E-state index in [4.69, 9.17) is 10.1 Å². The van der Waals surface area contributed by atoms with E-state index >= 15 is 0 Å². The molecule has 0 saturated carbocycles. The van der Waals surface area contributed by atoms with Crippen molar-refractivity contribution in [2.75, 3.05) is 33.3 Å². The first-order valence-electron chi connectivity index (χ1n) is 14.4. The lowest BCUT2D eigenvalue weighted by Gasteiger charge is -2.41. The van der Waals surface area contributed by atoms with E-state index in [-0.39, 0.29) is 34.5 Å². The summed E-state index contributed by atoms with van der Waals surface area (Å²) in [5.74, 6) is 3.70. The normalized spacial score (nSPS) is 17.7. The van der Waals surface area contributed by atoms with Crippen molar-refractivity contribution < 1.29 is 27.9 Å². The fourth-order valence-electron chi connectivity index (χ4n) is 4.70. The number of methoxy groups -OCH3 is 1. The number of carbonyl (C=O) groups is 3. The number of nitrogens with one attached hydrogen (secondary N) is 3. The molecule has 0 aliphatic carbocycles. The van der Waals surface area contributed by atoms with E-state index in [2.05, 4.69) is 34.3 Å². The zero-order valence-electron chi connectivity index (χ0n) is 25.9. The van der Waals surface area contributed by atoms with E-state index in [9.17, 15) is 23.2 Å². The SMILES string of the molecule is CC.CCN1CCN(C(=N)c2ccc(C#CC3NC(=O)NC3=O)cc2F)C(C)C1.CCc1ccc(OC)c(F)c1C(C)=O. The summed E-state index contributed by atoms with van der Waals surface area (Å²) in [5.41, 5.74) is 1.47. The van der Waals surface area contributed by atoms with Crippen molar-refractivity contribution in [2.45, 2.75) is 60.0 Å². The van der Waals surface area contributed by atoms with Crippen LogP contribution in [0, 0.1) is 28.9 Å². The Morgan fingerprint density at radius 2 is 1.84 bits per heavy atom. The predicted molar refractivity (Wildman–Crippen MR) is 163 cm³/mol. The highest BCUT2D eigenvalue weighted by atomic mass is 19.1. The average molecular weight is 598 g/mol. The number of nitrogens with zero attached hydrogens (tertiary/aromatic N) is 2. The van der Waals surface area contributed by atoms with Gasteiger partial charge >= 0.3 is 6.03 Å². The topological polar surface area (TPSA) is 115 Å². The molecule has 2 aliphatic heterocycles. The molecule has 3 amide bonds. The van der Waals surface area contributed by atoms with Gasteiger partial charge in [0, 0.05) is 31.2 Å². The van der Waals surface area contributed by atoms with Gasteiger partial charge in [-0.15, -0.1) is 0 Å². The van der Waals surface area contributed by atoms with Gasteiger partial charge in [0.1, 0.15) is 11.7 Å². The lowest BCUT2D eigenvalue weighted by atomic mass is 10.0. The number of hydrogen-bond acceptors (Lipinski definition) is 6. The van der Waals surface area contributed by atoms with Gasteiger partial charge in [-0.25, -0.2) is 13.6 Å². The van der Waals surface area contributed by atoms with Crippen LogP contribution in [0.3, 0.4) is 0 Å². The Kier molecular flexibility index (Phi) is 13.3. The Bertz CT molecular complexity index is 1400. The van der Waals surface area contributed by atoms with Gasteiger partial charge in [0.05, 0.1) is 18.2 Å². The van der Waals surface area contributed by atoms with Crippen LogP contribution in [0.4, 0.5) is 13.6 Å². The molecular weight excluding hydrogens is 556 g/mol. The number of hydrogen-bond donors (Lipinski definition) is 3. The van der Waals surface area contributed by atoms with Gasteiger partial charge in [-0.05, 0) is 56.6 Å². The Morgan fingerprint density at radius 3 is 2.35 bits per heavy atom. The maximum absolute atomic E-state index is 14.6. The molecule has 9 nitrogen and oxygen atoms in total. The summed E-state index contributed by atoms with van der Waals surface area (Å²) in [5, 5.41) is 12.9. The van der Waals surface area contributed by atoms with Gasteiger partial charge in [0.25, 0.3) is 5.91 Å². The summed E-state index contributed by atoms with van der Waals surface area (Å²) >= 11 is 0. The maximum atomic E-state index is 14.6. The summed E-state index contributed by atoms with van der Waals surface area (Å²) in [7, 11) is 1.38. The zero-order chi connectivity index (χ0) is 32.3. The highest BCUT2D eigenvalue weighted by Crippen LogP contribution is 2.24. The molecule has 0 aromatic heterocycles. The number of amides is 3. The Morgan fingerprint density at radius 1 is 1.14 bits per heavy atom. The van der Waals surface area contributed by atoms with Crippen molar-refractivity contribution in [3.05, 3.63) is 64.2 Å². The van der Waals surface area contributed by atoms with Crippen LogP contribution >= 0.6 is 0 Å². The lowest BCUT2D eigenvalue weighted by Crippen LogP contribution is -2.53. The largest absolute Gasteiger partial charge is 0.494 e. The molecule has 2 heterocycles. The standard InChI is InChI=1S/C19H22FN5O2.C11H13FO2.C2H6/c1-3-24-8-9-25(12(2)11-24)17(21)14-6-4-13(10-15(14)20)5-7-16-18(26)23-19(27)22-16;1-4-8-5-6-9(14-3)11(12)10(8)7(2)13;1-2/h4,6,10,12,16,21H,3,8-9,11H2,1-2H3,(H2,22,23,26,27);5-6H,4H2,1-3H3;1-2H3. The molecule has 2 aromatic carbocycles. The fraction of sp³-hybridized carbons (Fsp3) is 0.438. The molecule has 2 saturated heterocycles. The number of benzene rings is 2. The molecule has 2 atom stereocenters. The van der Waals surface area contributed by atoms with Crippen LogP contribution in [0.15, 0.2) is 30.3 Å². The first kappa shape index (κ1) is 34.9. The van der Waals surface area contributed by atoms with Gasteiger partial charge in [-0.3, -0.25) is 25.2 Å². The number of piperazine rings is 1. The van der Waals surface area contributed by atoms with Crippen molar-refractivity contribution in [3.63, 3.8) is 0 Å². The second-order valence-corrected chi connectivity index (χ2v) is 9.67. The predicted octanol–water partition coefficient (Wildman–Crippen LogP) is 4.36. The Labute approximate surface area is 252 Å². The molecule has 0 spiro atoms. The van der Waals surface area contributed by atoms with Crippen LogP contribution in [0.2, 0.25) is 0 Å². The summed E-state index contributed by atoms with van der Waals surface area (Å²) in [6.45, 7) is 14.7. The number of urea groups is 1. The third-order valence-corrected chi connectivity index (χ3v) is 6.95. The van der Waals surface area contributed by atoms with Crippen LogP contribution in [0.1, 0.15) is 68.6 Å². The monoisotopic (exact) mass is 597 g/mol.